The van der Waals surface area contributed by atoms with Gasteiger partial charge in [-0.25, -0.2) is 4.79 Å². The van der Waals surface area contributed by atoms with Gasteiger partial charge in [-0.05, 0) is 30.3 Å². The Morgan fingerprint density at radius 3 is 2.45 bits per heavy atom. The third kappa shape index (κ3) is 6.27. The highest BCUT2D eigenvalue weighted by Crippen LogP contribution is 2.34. The van der Waals surface area contributed by atoms with Crippen molar-refractivity contribution in [1.29, 1.82) is 0 Å². The van der Waals surface area contributed by atoms with Gasteiger partial charge in [0, 0.05) is 17.7 Å². The minimum Gasteiger partial charge on any atom is -0.497 e. The zero-order chi connectivity index (χ0) is 21.4. The van der Waals surface area contributed by atoms with Crippen molar-refractivity contribution in [2.45, 2.75) is 6.18 Å². The van der Waals surface area contributed by atoms with E-state index in [2.05, 4.69) is 5.32 Å². The molecular weight excluding hydrogens is 391 g/mol. The first-order valence-electron chi connectivity index (χ1n) is 8.27. The molecule has 0 aliphatic carbocycles. The second-order valence-electron chi connectivity index (χ2n) is 5.64. The van der Waals surface area contributed by atoms with Crippen molar-refractivity contribution in [3.8, 4) is 11.5 Å². The van der Waals surface area contributed by atoms with Crippen LogP contribution in [0.15, 0.2) is 48.5 Å². The number of anilines is 1. The second-order valence-corrected chi connectivity index (χ2v) is 5.64. The van der Waals surface area contributed by atoms with E-state index in [1.807, 2.05) is 0 Å². The van der Waals surface area contributed by atoms with Crippen molar-refractivity contribution in [1.82, 2.24) is 0 Å². The van der Waals surface area contributed by atoms with E-state index in [0.717, 1.165) is 18.2 Å². The number of ether oxygens (including phenoxy) is 3. The Morgan fingerprint density at radius 2 is 1.79 bits per heavy atom. The second kappa shape index (κ2) is 9.63. The minimum absolute atomic E-state index is 0.417. The van der Waals surface area contributed by atoms with Gasteiger partial charge in [0.2, 0.25) is 0 Å². The summed E-state index contributed by atoms with van der Waals surface area (Å²) in [7, 11) is 2.95. The topological polar surface area (TPSA) is 73.9 Å². The Hall–Kier alpha value is -3.49. The van der Waals surface area contributed by atoms with Crippen LogP contribution >= 0.6 is 0 Å². The summed E-state index contributed by atoms with van der Waals surface area (Å²) in [5.74, 6) is -0.722. The van der Waals surface area contributed by atoms with Crippen LogP contribution in [0, 0.1) is 0 Å². The largest absolute Gasteiger partial charge is 0.497 e. The van der Waals surface area contributed by atoms with Gasteiger partial charge in [-0.1, -0.05) is 12.1 Å². The summed E-state index contributed by atoms with van der Waals surface area (Å²) >= 11 is 0. The summed E-state index contributed by atoms with van der Waals surface area (Å²) in [5.41, 5.74) is -0.848. The third-order valence-corrected chi connectivity index (χ3v) is 3.69. The van der Waals surface area contributed by atoms with Crippen LogP contribution in [0.25, 0.3) is 6.08 Å². The molecule has 0 radical (unpaired) electrons. The smallest absolute Gasteiger partial charge is 0.418 e. The minimum atomic E-state index is -4.62. The lowest BCUT2D eigenvalue weighted by Gasteiger charge is -2.13. The van der Waals surface area contributed by atoms with Crippen LogP contribution in [0.1, 0.15) is 11.1 Å². The summed E-state index contributed by atoms with van der Waals surface area (Å²) in [5, 5.41) is 2.08. The molecule has 0 aromatic heterocycles. The van der Waals surface area contributed by atoms with Gasteiger partial charge in [-0.3, -0.25) is 4.79 Å². The molecule has 0 fully saturated rings. The molecule has 0 unspecified atom stereocenters. The Morgan fingerprint density at radius 1 is 1.07 bits per heavy atom. The van der Waals surface area contributed by atoms with Crippen LogP contribution in [0.4, 0.5) is 18.9 Å². The lowest BCUT2D eigenvalue weighted by molar-refractivity contribution is -0.142. The van der Waals surface area contributed by atoms with Crippen molar-refractivity contribution >= 4 is 23.6 Å². The zero-order valence-electron chi connectivity index (χ0n) is 15.6. The molecule has 6 nitrogen and oxygen atoms in total. The van der Waals surface area contributed by atoms with Gasteiger partial charge in [0.25, 0.3) is 5.91 Å². The number of hydrogen-bond donors (Lipinski definition) is 1. The monoisotopic (exact) mass is 409 g/mol. The van der Waals surface area contributed by atoms with Crippen molar-refractivity contribution in [3.63, 3.8) is 0 Å². The molecule has 0 saturated carbocycles. The summed E-state index contributed by atoms with van der Waals surface area (Å²) in [6.45, 7) is -0.741. The quantitative estimate of drug-likeness (QED) is 0.554. The Balaban J connectivity index is 1.95. The van der Waals surface area contributed by atoms with Crippen molar-refractivity contribution in [2.24, 2.45) is 0 Å². The maximum atomic E-state index is 12.9. The molecule has 0 aliphatic rings. The number of hydrogen-bond acceptors (Lipinski definition) is 5. The fourth-order valence-electron chi connectivity index (χ4n) is 2.32. The van der Waals surface area contributed by atoms with Crippen LogP contribution in [-0.2, 0) is 20.5 Å². The average molecular weight is 409 g/mol. The molecule has 0 atom stereocenters. The molecule has 0 spiro atoms. The van der Waals surface area contributed by atoms with Crippen LogP contribution < -0.4 is 14.8 Å². The molecule has 29 heavy (non-hydrogen) atoms. The summed E-state index contributed by atoms with van der Waals surface area (Å²) in [6, 6.07) is 9.45. The zero-order valence-corrected chi connectivity index (χ0v) is 15.6. The van der Waals surface area contributed by atoms with Crippen molar-refractivity contribution in [3.05, 3.63) is 59.7 Å². The lowest BCUT2D eigenvalue weighted by Crippen LogP contribution is -2.22. The molecule has 2 rings (SSSR count). The molecule has 2 aromatic carbocycles. The summed E-state index contributed by atoms with van der Waals surface area (Å²) < 4.78 is 53.8. The van der Waals surface area contributed by atoms with Gasteiger partial charge in [-0.2, -0.15) is 13.2 Å². The van der Waals surface area contributed by atoms with Crippen LogP contribution in [0.2, 0.25) is 0 Å². The first kappa shape index (κ1) is 21.8. The van der Waals surface area contributed by atoms with E-state index in [1.54, 1.807) is 18.2 Å². The number of carbonyl (C=O) groups excluding carboxylic acids is 2. The standard InChI is InChI=1S/C20H18F3NO5/c1-27-14-9-7-13(17(11-14)28-2)8-10-19(26)29-12-18(25)24-16-6-4-3-5-15(16)20(21,22)23/h3-11H,12H2,1-2H3,(H,24,25). The predicted octanol–water partition coefficient (Wildman–Crippen LogP) is 3.92. The fraction of sp³-hybridized carbons (Fsp3) is 0.200. The number of amides is 1. The maximum absolute atomic E-state index is 12.9. The number of benzene rings is 2. The average Bonchev–Trinajstić information content (AvgIpc) is 2.70. The summed E-state index contributed by atoms with van der Waals surface area (Å²) in [6.07, 6.45) is -2.14. The predicted molar refractivity (Wildman–Crippen MR) is 99.6 cm³/mol. The van der Waals surface area contributed by atoms with Gasteiger partial charge in [0.1, 0.15) is 11.5 Å². The number of esters is 1. The summed E-state index contributed by atoms with van der Waals surface area (Å²) in [4.78, 5) is 23.6. The van der Waals surface area contributed by atoms with Crippen molar-refractivity contribution < 1.29 is 37.0 Å². The fourth-order valence-corrected chi connectivity index (χ4v) is 2.32. The number of nitrogens with one attached hydrogen (secondary N) is 1. The van der Waals surface area contributed by atoms with Crippen LogP contribution in [-0.4, -0.2) is 32.7 Å². The SMILES string of the molecule is COc1ccc(C=CC(=O)OCC(=O)Nc2ccccc2C(F)(F)F)c(OC)c1. The molecular formula is C20H18F3NO5. The van der Waals surface area contributed by atoms with Crippen LogP contribution in [0.5, 0.6) is 11.5 Å². The molecule has 0 aliphatic heterocycles. The molecule has 2 aromatic rings. The number of methoxy groups -OCH3 is 2. The molecule has 0 heterocycles. The molecule has 154 valence electrons. The van der Waals surface area contributed by atoms with Gasteiger partial charge >= 0.3 is 12.1 Å². The Bertz CT molecular complexity index is 909. The third-order valence-electron chi connectivity index (χ3n) is 3.69. The highest BCUT2D eigenvalue weighted by molar-refractivity contribution is 5.95. The van der Waals surface area contributed by atoms with Crippen LogP contribution in [0.3, 0.4) is 0 Å². The molecule has 0 saturated heterocycles. The maximum Gasteiger partial charge on any atom is 0.418 e. The number of rotatable bonds is 7. The number of alkyl halides is 3. The number of para-hydroxylation sites is 1. The highest BCUT2D eigenvalue weighted by atomic mass is 19.4. The molecule has 0 bridgehead atoms. The number of carbonyl (C=O) groups is 2. The number of halogens is 3. The van der Waals surface area contributed by atoms with Gasteiger partial charge in [0.05, 0.1) is 25.5 Å². The van der Waals surface area contributed by atoms with E-state index < -0.39 is 35.9 Å². The van der Waals surface area contributed by atoms with Gasteiger partial charge < -0.3 is 19.5 Å². The van der Waals surface area contributed by atoms with Crippen molar-refractivity contribution in [2.75, 3.05) is 26.1 Å². The molecule has 1 N–H and O–H groups in total. The van der Waals surface area contributed by atoms with E-state index >= 15 is 0 Å². The Kier molecular flexibility index (Phi) is 7.24. The van der Waals surface area contributed by atoms with E-state index in [9.17, 15) is 22.8 Å². The normalized spacial score (nSPS) is 11.2. The first-order valence-corrected chi connectivity index (χ1v) is 8.27. The molecule has 1 amide bonds. The first-order chi connectivity index (χ1) is 13.7. The van der Waals surface area contributed by atoms with E-state index in [0.29, 0.717) is 17.1 Å². The van der Waals surface area contributed by atoms with Gasteiger partial charge in [0.15, 0.2) is 6.61 Å². The molecule has 9 heteroatoms. The highest BCUT2D eigenvalue weighted by Gasteiger charge is 2.33. The lowest BCUT2D eigenvalue weighted by atomic mass is 10.1. The van der Waals surface area contributed by atoms with Gasteiger partial charge in [-0.15, -0.1) is 0 Å². The van der Waals surface area contributed by atoms with E-state index in [4.69, 9.17) is 14.2 Å². The Labute approximate surface area is 164 Å². The van der Waals surface area contributed by atoms with E-state index in [-0.39, 0.29) is 0 Å². The van der Waals surface area contributed by atoms with E-state index in [1.165, 1.54) is 32.4 Å².